The van der Waals surface area contributed by atoms with Crippen molar-refractivity contribution in [3.05, 3.63) is 0 Å². The van der Waals surface area contributed by atoms with E-state index >= 15 is 0 Å². The van der Waals surface area contributed by atoms with Gasteiger partial charge in [0.25, 0.3) is 0 Å². The van der Waals surface area contributed by atoms with Gasteiger partial charge in [-0.3, -0.25) is 9.59 Å². The number of ketones is 1. The number of rotatable bonds is 6. The predicted octanol–water partition coefficient (Wildman–Crippen LogP) is 2.17. The van der Waals surface area contributed by atoms with Crippen LogP contribution in [0.2, 0.25) is 0 Å². The van der Waals surface area contributed by atoms with Gasteiger partial charge in [-0.15, -0.1) is 0 Å². The van der Waals surface area contributed by atoms with Crippen molar-refractivity contribution in [1.29, 1.82) is 0 Å². The van der Waals surface area contributed by atoms with E-state index in [-0.39, 0.29) is 29.1 Å². The van der Waals surface area contributed by atoms with Crippen LogP contribution in [0.5, 0.6) is 0 Å². The van der Waals surface area contributed by atoms with Gasteiger partial charge in [0, 0.05) is 18.4 Å². The normalized spacial score (nSPS) is 12.3. The maximum atomic E-state index is 11.5. The molecule has 0 unspecified atom stereocenters. The molecule has 0 bridgehead atoms. The fourth-order valence-electron chi connectivity index (χ4n) is 1.19. The van der Waals surface area contributed by atoms with E-state index in [9.17, 15) is 9.59 Å². The molecule has 0 aromatic carbocycles. The van der Waals surface area contributed by atoms with Crippen LogP contribution in [-0.2, 0) is 14.3 Å². The molecule has 0 heterocycles. The lowest BCUT2D eigenvalue weighted by atomic mass is 9.91. The van der Waals surface area contributed by atoms with Crippen molar-refractivity contribution in [2.45, 2.75) is 48.0 Å². The zero-order valence-electron chi connectivity index (χ0n) is 12.6. The molecule has 1 amide bonds. The molecule has 0 saturated carbocycles. The molecule has 0 saturated heterocycles. The van der Waals surface area contributed by atoms with Gasteiger partial charge in [-0.25, -0.2) is 0 Å². The summed E-state index contributed by atoms with van der Waals surface area (Å²) >= 11 is 0. The monoisotopic (exact) mass is 257 g/mol. The Labute approximate surface area is 110 Å². The Balaban J connectivity index is 3.64. The summed E-state index contributed by atoms with van der Waals surface area (Å²) in [6.45, 7) is 12.6. The molecule has 0 aliphatic carbocycles. The fraction of sp³-hybridized carbons (Fsp3) is 0.857. The van der Waals surface area contributed by atoms with Gasteiger partial charge in [-0.2, -0.15) is 0 Å². The minimum absolute atomic E-state index is 0.00680. The van der Waals surface area contributed by atoms with Crippen molar-refractivity contribution in [3.63, 3.8) is 0 Å². The van der Waals surface area contributed by atoms with Crippen molar-refractivity contribution in [1.82, 2.24) is 5.32 Å². The highest BCUT2D eigenvalue weighted by atomic mass is 16.5. The zero-order chi connectivity index (χ0) is 14.4. The first-order valence-electron chi connectivity index (χ1n) is 6.40. The molecular weight excluding hydrogens is 230 g/mol. The van der Waals surface area contributed by atoms with Crippen LogP contribution in [-0.4, -0.2) is 31.4 Å². The summed E-state index contributed by atoms with van der Waals surface area (Å²) in [5.74, 6) is 0.0942. The van der Waals surface area contributed by atoms with Gasteiger partial charge >= 0.3 is 0 Å². The molecule has 0 fully saturated rings. The van der Waals surface area contributed by atoms with Crippen LogP contribution in [0.25, 0.3) is 0 Å². The molecule has 0 aliphatic rings. The van der Waals surface area contributed by atoms with E-state index < -0.39 is 0 Å². The summed E-state index contributed by atoms with van der Waals surface area (Å²) in [4.78, 5) is 23.0. The molecule has 0 rings (SSSR count). The van der Waals surface area contributed by atoms with E-state index in [0.717, 1.165) is 0 Å². The summed E-state index contributed by atoms with van der Waals surface area (Å²) < 4.78 is 5.24. The first-order chi connectivity index (χ1) is 8.02. The molecule has 106 valence electrons. The summed E-state index contributed by atoms with van der Waals surface area (Å²) in [6, 6.07) is 0. The van der Waals surface area contributed by atoms with Gasteiger partial charge in [-0.1, -0.05) is 41.5 Å². The van der Waals surface area contributed by atoms with Crippen LogP contribution in [0.15, 0.2) is 0 Å². The quantitative estimate of drug-likeness (QED) is 0.742. The minimum Gasteiger partial charge on any atom is -0.372 e. The van der Waals surface area contributed by atoms with Crippen LogP contribution in [0, 0.1) is 10.8 Å². The third-order valence-electron chi connectivity index (χ3n) is 2.33. The van der Waals surface area contributed by atoms with E-state index in [4.69, 9.17) is 4.74 Å². The lowest BCUT2D eigenvalue weighted by Crippen LogP contribution is -2.31. The smallest absolute Gasteiger partial charge is 0.220 e. The van der Waals surface area contributed by atoms with Crippen LogP contribution in [0.4, 0.5) is 0 Å². The number of carbonyl (C=O) groups excluding carboxylic acids is 2. The second kappa shape index (κ2) is 6.88. The van der Waals surface area contributed by atoms with Gasteiger partial charge in [0.05, 0.1) is 6.61 Å². The van der Waals surface area contributed by atoms with Crippen LogP contribution in [0.1, 0.15) is 48.0 Å². The van der Waals surface area contributed by atoms with Gasteiger partial charge in [-0.05, 0) is 5.41 Å². The van der Waals surface area contributed by atoms with Crippen molar-refractivity contribution in [2.75, 3.05) is 19.8 Å². The first kappa shape index (κ1) is 17.1. The number of hydrogen-bond donors (Lipinski definition) is 1. The maximum Gasteiger partial charge on any atom is 0.220 e. The van der Waals surface area contributed by atoms with Gasteiger partial charge in [0.1, 0.15) is 6.61 Å². The third-order valence-corrected chi connectivity index (χ3v) is 2.33. The summed E-state index contributed by atoms with van der Waals surface area (Å²) in [7, 11) is 0. The second-order valence-corrected chi connectivity index (χ2v) is 6.81. The van der Waals surface area contributed by atoms with Gasteiger partial charge < -0.3 is 10.1 Å². The van der Waals surface area contributed by atoms with Gasteiger partial charge in [0.15, 0.2) is 5.78 Å². The molecule has 0 spiro atoms. The average Bonchev–Trinajstić information content (AvgIpc) is 2.12. The number of Topliss-reactive ketones (excluding diaryl/α,β-unsaturated/α-hetero) is 1. The van der Waals surface area contributed by atoms with Crippen molar-refractivity contribution in [2.24, 2.45) is 10.8 Å². The average molecular weight is 257 g/mol. The molecule has 0 atom stereocenters. The summed E-state index contributed by atoms with van der Waals surface area (Å²) in [5, 5.41) is 2.78. The summed E-state index contributed by atoms with van der Waals surface area (Å²) in [5.41, 5.74) is -0.372. The standard InChI is InChI=1S/C14H27NO3/c1-13(2,3)9-12(17)15-7-8-18-10-11(16)14(4,5)6/h7-10H2,1-6H3,(H,15,17). The molecule has 0 aromatic rings. The molecule has 0 radical (unpaired) electrons. The molecule has 4 nitrogen and oxygen atoms in total. The lowest BCUT2D eigenvalue weighted by molar-refractivity contribution is -0.131. The number of ether oxygens (including phenoxy) is 1. The molecule has 18 heavy (non-hydrogen) atoms. The Morgan fingerprint density at radius 3 is 2.06 bits per heavy atom. The van der Waals surface area contributed by atoms with Crippen LogP contribution in [0.3, 0.4) is 0 Å². The third kappa shape index (κ3) is 9.16. The molecule has 0 aromatic heterocycles. The van der Waals surface area contributed by atoms with E-state index in [2.05, 4.69) is 5.32 Å². The zero-order valence-corrected chi connectivity index (χ0v) is 12.6. The molecular formula is C14H27NO3. The van der Waals surface area contributed by atoms with Crippen molar-refractivity contribution < 1.29 is 14.3 Å². The van der Waals surface area contributed by atoms with Crippen LogP contribution < -0.4 is 5.32 Å². The summed E-state index contributed by atoms with van der Waals surface area (Å²) in [6.07, 6.45) is 0.494. The Kier molecular flexibility index (Phi) is 6.54. The van der Waals surface area contributed by atoms with Crippen LogP contribution >= 0.6 is 0 Å². The molecule has 1 N–H and O–H groups in total. The highest BCUT2D eigenvalue weighted by molar-refractivity contribution is 5.84. The highest BCUT2D eigenvalue weighted by Gasteiger charge is 2.20. The number of nitrogens with one attached hydrogen (secondary N) is 1. The SMILES string of the molecule is CC(C)(C)CC(=O)NCCOCC(=O)C(C)(C)C. The highest BCUT2D eigenvalue weighted by Crippen LogP contribution is 2.17. The van der Waals surface area contributed by atoms with Crippen molar-refractivity contribution >= 4 is 11.7 Å². The van der Waals surface area contributed by atoms with Crippen molar-refractivity contribution in [3.8, 4) is 0 Å². The number of carbonyl (C=O) groups is 2. The molecule has 0 aliphatic heterocycles. The largest absolute Gasteiger partial charge is 0.372 e. The topological polar surface area (TPSA) is 55.4 Å². The Hall–Kier alpha value is -0.900. The second-order valence-electron chi connectivity index (χ2n) is 6.81. The number of amides is 1. The minimum atomic E-state index is -0.366. The van der Waals surface area contributed by atoms with E-state index in [1.54, 1.807) is 0 Å². The predicted molar refractivity (Wildman–Crippen MR) is 72.4 cm³/mol. The maximum absolute atomic E-state index is 11.5. The Morgan fingerprint density at radius 2 is 1.61 bits per heavy atom. The fourth-order valence-corrected chi connectivity index (χ4v) is 1.19. The van der Waals surface area contributed by atoms with Gasteiger partial charge in [0.2, 0.25) is 5.91 Å². The lowest BCUT2D eigenvalue weighted by Gasteiger charge is -2.18. The first-order valence-corrected chi connectivity index (χ1v) is 6.40. The van der Waals surface area contributed by atoms with E-state index in [1.807, 2.05) is 41.5 Å². The Bertz CT molecular complexity index is 284. The Morgan fingerprint density at radius 1 is 1.06 bits per heavy atom. The number of hydrogen-bond acceptors (Lipinski definition) is 3. The van der Waals surface area contributed by atoms with E-state index in [1.165, 1.54) is 0 Å². The van der Waals surface area contributed by atoms with E-state index in [0.29, 0.717) is 19.6 Å². The molecule has 4 heteroatoms.